The number of aromatic amines is 1. The fourth-order valence-electron chi connectivity index (χ4n) is 1.61. The minimum atomic E-state index is 0.529. The number of H-pyrrole nitrogens is 1. The summed E-state index contributed by atoms with van der Waals surface area (Å²) in [4.78, 5) is 0. The van der Waals surface area contributed by atoms with Gasteiger partial charge in [0.15, 0.2) is 5.82 Å². The van der Waals surface area contributed by atoms with Crippen LogP contribution in [0.5, 0.6) is 0 Å². The van der Waals surface area contributed by atoms with Gasteiger partial charge >= 0.3 is 0 Å². The third kappa shape index (κ3) is 2.92. The molecule has 0 aliphatic heterocycles. The quantitative estimate of drug-likeness (QED) is 0.678. The highest BCUT2D eigenvalue weighted by Gasteiger charge is 2.02. The molecule has 1 heterocycles. The second-order valence-electron chi connectivity index (χ2n) is 4.16. The monoisotopic (exact) mass is 260 g/mol. The van der Waals surface area contributed by atoms with Crippen molar-refractivity contribution >= 4 is 18.4 Å². The van der Waals surface area contributed by atoms with Crippen molar-refractivity contribution in [2.24, 2.45) is 5.10 Å². The van der Waals surface area contributed by atoms with Gasteiger partial charge in [0.05, 0.1) is 6.21 Å². The van der Waals surface area contributed by atoms with Crippen LogP contribution >= 0.6 is 12.2 Å². The molecule has 4 nitrogen and oxygen atoms in total. The molecule has 0 aliphatic carbocycles. The normalized spacial score (nSPS) is 11.2. The summed E-state index contributed by atoms with van der Waals surface area (Å²) in [6.07, 6.45) is 3.67. The molecule has 0 amide bonds. The summed E-state index contributed by atoms with van der Waals surface area (Å²) in [7, 11) is 0. The molecular weight excluding hydrogens is 244 g/mol. The van der Waals surface area contributed by atoms with Crippen LogP contribution in [0.15, 0.2) is 29.4 Å². The molecule has 0 bridgehead atoms. The Morgan fingerprint density at radius 3 is 2.78 bits per heavy atom. The van der Waals surface area contributed by atoms with Gasteiger partial charge in [-0.15, -0.1) is 0 Å². The fourth-order valence-corrected chi connectivity index (χ4v) is 1.80. The van der Waals surface area contributed by atoms with Crippen LogP contribution in [0.3, 0.4) is 0 Å². The van der Waals surface area contributed by atoms with Gasteiger partial charge in [0, 0.05) is 6.42 Å². The summed E-state index contributed by atoms with van der Waals surface area (Å²) in [5, 5.41) is 11.3. The number of nitrogens with zero attached hydrogens (tertiary/aromatic N) is 3. The van der Waals surface area contributed by atoms with Crippen molar-refractivity contribution in [2.75, 3.05) is 0 Å². The lowest BCUT2D eigenvalue weighted by molar-refractivity contribution is 0.740. The van der Waals surface area contributed by atoms with Crippen molar-refractivity contribution < 1.29 is 0 Å². The second-order valence-corrected chi connectivity index (χ2v) is 4.55. The molecule has 2 rings (SSSR count). The summed E-state index contributed by atoms with van der Waals surface area (Å²) in [5.74, 6) is 0.867. The molecule has 2 aromatic rings. The highest BCUT2D eigenvalue weighted by atomic mass is 32.1. The van der Waals surface area contributed by atoms with E-state index < -0.39 is 0 Å². The first-order valence-corrected chi connectivity index (χ1v) is 6.39. The van der Waals surface area contributed by atoms with Crippen LogP contribution in [-0.4, -0.2) is 21.1 Å². The Kier molecular flexibility index (Phi) is 4.04. The topological polar surface area (TPSA) is 46.0 Å². The number of aromatic nitrogens is 3. The van der Waals surface area contributed by atoms with E-state index in [0.717, 1.165) is 24.2 Å². The van der Waals surface area contributed by atoms with Gasteiger partial charge in [-0.1, -0.05) is 36.8 Å². The van der Waals surface area contributed by atoms with E-state index in [-0.39, 0.29) is 0 Å². The van der Waals surface area contributed by atoms with E-state index >= 15 is 0 Å². The summed E-state index contributed by atoms with van der Waals surface area (Å²) in [6, 6.07) is 8.18. The molecule has 0 radical (unpaired) electrons. The van der Waals surface area contributed by atoms with E-state index in [1.54, 1.807) is 10.9 Å². The molecule has 0 spiro atoms. The van der Waals surface area contributed by atoms with Crippen molar-refractivity contribution in [2.45, 2.75) is 26.7 Å². The van der Waals surface area contributed by atoms with Crippen LogP contribution in [0.2, 0.25) is 0 Å². The number of benzene rings is 1. The standard InChI is InChI=1S/C13H16N4S/c1-3-4-12-15-16-13(18)17(12)14-9-11-7-5-10(2)6-8-11/h5-9H,3-4H2,1-2H3,(H,16,18)/b14-9+. The summed E-state index contributed by atoms with van der Waals surface area (Å²) in [5.41, 5.74) is 2.28. The molecule has 0 aliphatic rings. The Balaban J connectivity index is 2.25. The van der Waals surface area contributed by atoms with Crippen molar-refractivity contribution in [3.63, 3.8) is 0 Å². The van der Waals surface area contributed by atoms with E-state index in [2.05, 4.69) is 41.3 Å². The Hall–Kier alpha value is -1.75. The minimum Gasteiger partial charge on any atom is -0.250 e. The molecule has 5 heteroatoms. The second kappa shape index (κ2) is 5.73. The number of hydrogen-bond donors (Lipinski definition) is 1. The van der Waals surface area contributed by atoms with Crippen molar-refractivity contribution in [1.82, 2.24) is 14.9 Å². The number of hydrogen-bond acceptors (Lipinski definition) is 3. The van der Waals surface area contributed by atoms with E-state index in [1.807, 2.05) is 12.1 Å². The zero-order valence-electron chi connectivity index (χ0n) is 10.6. The molecule has 1 aromatic carbocycles. The Morgan fingerprint density at radius 2 is 2.11 bits per heavy atom. The average Bonchev–Trinajstić information content (AvgIpc) is 2.71. The van der Waals surface area contributed by atoms with Crippen LogP contribution in [0.4, 0.5) is 0 Å². The van der Waals surface area contributed by atoms with Crippen LogP contribution in [-0.2, 0) is 6.42 Å². The average molecular weight is 260 g/mol. The number of aryl methyl sites for hydroxylation is 2. The van der Waals surface area contributed by atoms with E-state index in [9.17, 15) is 0 Å². The third-order valence-electron chi connectivity index (χ3n) is 2.59. The van der Waals surface area contributed by atoms with Crippen LogP contribution < -0.4 is 0 Å². The lowest BCUT2D eigenvalue weighted by atomic mass is 10.2. The molecule has 0 unspecified atom stereocenters. The SMILES string of the molecule is CCCc1n[nH]c(=S)n1/N=C/c1ccc(C)cc1. The fraction of sp³-hybridized carbons (Fsp3) is 0.308. The summed E-state index contributed by atoms with van der Waals surface area (Å²) >= 11 is 5.15. The van der Waals surface area contributed by atoms with Crippen LogP contribution in [0.1, 0.15) is 30.3 Å². The lowest BCUT2D eigenvalue weighted by Crippen LogP contribution is -1.98. The molecule has 0 saturated heterocycles. The van der Waals surface area contributed by atoms with Gasteiger partial charge in [-0.25, -0.2) is 0 Å². The molecular formula is C13H16N4S. The zero-order chi connectivity index (χ0) is 13.0. The highest BCUT2D eigenvalue weighted by molar-refractivity contribution is 7.71. The summed E-state index contributed by atoms with van der Waals surface area (Å²) in [6.45, 7) is 4.16. The van der Waals surface area contributed by atoms with Gasteiger partial charge in [0.1, 0.15) is 0 Å². The minimum absolute atomic E-state index is 0.529. The molecule has 1 aromatic heterocycles. The predicted molar refractivity (Wildman–Crippen MR) is 75.6 cm³/mol. The first-order valence-electron chi connectivity index (χ1n) is 5.98. The van der Waals surface area contributed by atoms with Gasteiger partial charge in [0.25, 0.3) is 0 Å². The van der Waals surface area contributed by atoms with E-state index in [0.29, 0.717) is 4.77 Å². The van der Waals surface area contributed by atoms with Crippen LogP contribution in [0, 0.1) is 11.7 Å². The van der Waals surface area contributed by atoms with Gasteiger partial charge in [-0.2, -0.15) is 14.9 Å². The Bertz CT molecular complexity index is 592. The van der Waals surface area contributed by atoms with Gasteiger partial charge in [0.2, 0.25) is 4.77 Å². The highest BCUT2D eigenvalue weighted by Crippen LogP contribution is 2.03. The first-order chi connectivity index (χ1) is 8.70. The Morgan fingerprint density at radius 1 is 1.39 bits per heavy atom. The number of nitrogens with one attached hydrogen (secondary N) is 1. The van der Waals surface area contributed by atoms with E-state index in [1.165, 1.54) is 5.56 Å². The lowest BCUT2D eigenvalue weighted by Gasteiger charge is -1.98. The van der Waals surface area contributed by atoms with Gasteiger partial charge in [-0.05, 0) is 31.1 Å². The molecule has 0 saturated carbocycles. The zero-order valence-corrected chi connectivity index (χ0v) is 11.4. The predicted octanol–water partition coefficient (Wildman–Crippen LogP) is 3.08. The van der Waals surface area contributed by atoms with Crippen LogP contribution in [0.25, 0.3) is 0 Å². The van der Waals surface area contributed by atoms with Gasteiger partial charge < -0.3 is 0 Å². The molecule has 0 atom stereocenters. The molecule has 1 N–H and O–H groups in total. The Labute approximate surface area is 111 Å². The maximum Gasteiger partial charge on any atom is 0.216 e. The van der Waals surface area contributed by atoms with Crippen molar-refractivity contribution in [3.8, 4) is 0 Å². The van der Waals surface area contributed by atoms with E-state index in [4.69, 9.17) is 12.2 Å². The maximum atomic E-state index is 5.15. The molecule has 0 fully saturated rings. The third-order valence-corrected chi connectivity index (χ3v) is 2.85. The van der Waals surface area contributed by atoms with Crippen molar-refractivity contribution in [1.29, 1.82) is 0 Å². The molecule has 94 valence electrons. The number of rotatable bonds is 4. The smallest absolute Gasteiger partial charge is 0.216 e. The summed E-state index contributed by atoms with van der Waals surface area (Å²) < 4.78 is 2.21. The molecule has 18 heavy (non-hydrogen) atoms. The first kappa shape index (κ1) is 12.7. The van der Waals surface area contributed by atoms with Gasteiger partial charge in [-0.3, -0.25) is 5.10 Å². The van der Waals surface area contributed by atoms with Crippen molar-refractivity contribution in [3.05, 3.63) is 46.0 Å². The largest absolute Gasteiger partial charge is 0.250 e. The maximum absolute atomic E-state index is 5.15.